The van der Waals surface area contributed by atoms with Crippen molar-refractivity contribution in [2.45, 2.75) is 95.6 Å². The van der Waals surface area contributed by atoms with E-state index in [-0.39, 0.29) is 34.6 Å². The van der Waals surface area contributed by atoms with Gasteiger partial charge < -0.3 is 4.74 Å². The molecule has 0 N–H and O–H groups in total. The van der Waals surface area contributed by atoms with Crippen molar-refractivity contribution in [1.82, 2.24) is 0 Å². The number of carbonyl (C=O) groups excluding carboxylic acids is 3. The van der Waals surface area contributed by atoms with Crippen LogP contribution in [-0.2, 0) is 14.4 Å². The molecular formula is C26H38O4S. The van der Waals surface area contributed by atoms with E-state index < -0.39 is 0 Å². The minimum Gasteiger partial charge on any atom is -0.427 e. The number of hydrogen-bond acceptors (Lipinski definition) is 5. The molecule has 1 aromatic carbocycles. The molecule has 0 spiro atoms. The van der Waals surface area contributed by atoms with Crippen LogP contribution in [0.4, 0.5) is 0 Å². The Morgan fingerprint density at radius 3 is 2.48 bits per heavy atom. The summed E-state index contributed by atoms with van der Waals surface area (Å²) in [5, 5.41) is 0.207. The van der Waals surface area contributed by atoms with Gasteiger partial charge in [0.05, 0.1) is 0 Å². The average molecular weight is 447 g/mol. The smallest absolute Gasteiger partial charge is 0.311 e. The van der Waals surface area contributed by atoms with Gasteiger partial charge in [0.25, 0.3) is 0 Å². The Morgan fingerprint density at radius 1 is 1.03 bits per heavy atom. The third-order valence-electron chi connectivity index (χ3n) is 6.26. The Morgan fingerprint density at radius 2 is 1.74 bits per heavy atom. The first-order valence-electron chi connectivity index (χ1n) is 12.0. The maximum atomic E-state index is 12.5. The maximum Gasteiger partial charge on any atom is 0.311 e. The van der Waals surface area contributed by atoms with Crippen LogP contribution in [0.15, 0.2) is 30.3 Å². The summed E-state index contributed by atoms with van der Waals surface area (Å²) in [5.41, 5.74) is 0. The first-order chi connectivity index (χ1) is 15.0. The van der Waals surface area contributed by atoms with Gasteiger partial charge >= 0.3 is 5.97 Å². The van der Waals surface area contributed by atoms with E-state index in [1.54, 1.807) is 12.1 Å². The number of carbonyl (C=O) groups is 3. The monoisotopic (exact) mass is 446 g/mol. The van der Waals surface area contributed by atoms with Gasteiger partial charge in [-0.25, -0.2) is 0 Å². The first kappa shape index (κ1) is 25.6. The number of rotatable bonds is 15. The fraction of sp³-hybridized carbons (Fsp3) is 0.654. The van der Waals surface area contributed by atoms with Gasteiger partial charge in [0.2, 0.25) is 0 Å². The van der Waals surface area contributed by atoms with Gasteiger partial charge in [-0.3, -0.25) is 14.4 Å². The van der Waals surface area contributed by atoms with Gasteiger partial charge in [0.15, 0.2) is 0 Å². The highest BCUT2D eigenvalue weighted by molar-refractivity contribution is 7.81. The molecule has 3 atom stereocenters. The number of ether oxygens (including phenoxy) is 1. The fourth-order valence-corrected chi connectivity index (χ4v) is 4.98. The van der Waals surface area contributed by atoms with E-state index in [4.69, 9.17) is 17.4 Å². The van der Waals surface area contributed by atoms with Crippen LogP contribution in [0.25, 0.3) is 0 Å². The quantitative estimate of drug-likeness (QED) is 0.147. The minimum absolute atomic E-state index is 0.130. The molecule has 1 aliphatic rings. The standard InChI is InChI=1S/C26H38O4S/c1-2-3-4-5-9-15-25(31)22-17-18-24(28)23(22)19-20(27)12-10-11-16-26(29)30-21-13-7-6-8-14-21/h6-8,13-14,22-23,25,31H,2-5,9-12,15-19H2,1H3/t22-,23+,25?/m0/s1. The Bertz CT molecular complexity index is 688. The van der Waals surface area contributed by atoms with Crippen molar-refractivity contribution in [1.29, 1.82) is 0 Å². The third-order valence-corrected chi connectivity index (χ3v) is 6.90. The second-order valence-corrected chi connectivity index (χ2v) is 9.45. The molecule has 4 nitrogen and oxygen atoms in total. The molecule has 0 amide bonds. The second kappa shape index (κ2) is 14.4. The van der Waals surface area contributed by atoms with Crippen LogP contribution < -0.4 is 4.74 Å². The average Bonchev–Trinajstić information content (AvgIpc) is 3.12. The van der Waals surface area contributed by atoms with Gasteiger partial charge in [-0.2, -0.15) is 12.6 Å². The van der Waals surface area contributed by atoms with Gasteiger partial charge in [-0.1, -0.05) is 57.2 Å². The van der Waals surface area contributed by atoms with Crippen molar-refractivity contribution in [2.24, 2.45) is 11.8 Å². The zero-order valence-electron chi connectivity index (χ0n) is 18.9. The normalized spacial score (nSPS) is 19.4. The summed E-state index contributed by atoms with van der Waals surface area (Å²) in [5.74, 6) is 0.697. The molecule has 0 radical (unpaired) electrons. The Hall–Kier alpha value is -1.62. The second-order valence-electron chi connectivity index (χ2n) is 8.78. The molecule has 1 fully saturated rings. The molecule has 1 unspecified atom stereocenters. The van der Waals surface area contributed by atoms with E-state index in [9.17, 15) is 14.4 Å². The molecule has 0 aromatic heterocycles. The number of benzene rings is 1. The number of ketones is 2. The largest absolute Gasteiger partial charge is 0.427 e. The predicted octanol–water partition coefficient (Wildman–Crippen LogP) is 6.37. The zero-order valence-corrected chi connectivity index (χ0v) is 19.8. The summed E-state index contributed by atoms with van der Waals surface area (Å²) < 4.78 is 5.26. The predicted molar refractivity (Wildman–Crippen MR) is 128 cm³/mol. The highest BCUT2D eigenvalue weighted by atomic mass is 32.1. The van der Waals surface area contributed by atoms with E-state index in [2.05, 4.69) is 6.92 Å². The number of hydrogen-bond donors (Lipinski definition) is 1. The molecule has 2 rings (SSSR count). The van der Waals surface area contributed by atoms with Crippen LogP contribution in [-0.4, -0.2) is 22.8 Å². The number of thiol groups is 1. The Balaban J connectivity index is 1.65. The number of Topliss-reactive ketones (excluding diaryl/α,β-unsaturated/α-hetero) is 2. The Labute approximate surface area is 192 Å². The molecule has 0 heterocycles. The summed E-state index contributed by atoms with van der Waals surface area (Å²) in [6.45, 7) is 2.21. The minimum atomic E-state index is -0.276. The fourth-order valence-electron chi connectivity index (χ4n) is 4.44. The van der Waals surface area contributed by atoms with Crippen LogP contribution in [0, 0.1) is 11.8 Å². The summed E-state index contributed by atoms with van der Waals surface area (Å²) in [6, 6.07) is 9.00. The molecule has 5 heteroatoms. The van der Waals surface area contributed by atoms with Crippen LogP contribution in [0.1, 0.15) is 90.4 Å². The number of esters is 1. The Kier molecular flexibility index (Phi) is 11.9. The molecule has 172 valence electrons. The van der Waals surface area contributed by atoms with E-state index in [1.165, 1.54) is 25.7 Å². The first-order valence-corrected chi connectivity index (χ1v) is 12.5. The molecule has 1 aliphatic carbocycles. The lowest BCUT2D eigenvalue weighted by Gasteiger charge is -2.24. The molecule has 0 saturated heterocycles. The SMILES string of the molecule is CCCCCCCC(S)[C@H]1CCC(=O)[C@@H]1CC(=O)CCCCC(=O)Oc1ccccc1. The van der Waals surface area contributed by atoms with Gasteiger partial charge in [-0.15, -0.1) is 0 Å². The van der Waals surface area contributed by atoms with Crippen molar-refractivity contribution in [3.63, 3.8) is 0 Å². The zero-order chi connectivity index (χ0) is 22.5. The van der Waals surface area contributed by atoms with Gasteiger partial charge in [-0.05, 0) is 43.7 Å². The van der Waals surface area contributed by atoms with Crippen molar-refractivity contribution < 1.29 is 19.1 Å². The molecular weight excluding hydrogens is 408 g/mol. The maximum absolute atomic E-state index is 12.5. The third kappa shape index (κ3) is 9.59. The molecule has 31 heavy (non-hydrogen) atoms. The lowest BCUT2D eigenvalue weighted by atomic mass is 9.85. The van der Waals surface area contributed by atoms with Crippen LogP contribution in [0.2, 0.25) is 0 Å². The lowest BCUT2D eigenvalue weighted by molar-refractivity contribution is -0.134. The highest BCUT2D eigenvalue weighted by Gasteiger charge is 2.38. The van der Waals surface area contributed by atoms with Crippen molar-refractivity contribution in [3.8, 4) is 5.75 Å². The molecule has 1 saturated carbocycles. The summed E-state index contributed by atoms with van der Waals surface area (Å²) in [4.78, 5) is 36.8. The topological polar surface area (TPSA) is 60.4 Å². The summed E-state index contributed by atoms with van der Waals surface area (Å²) in [6.07, 6.45) is 11.0. The van der Waals surface area contributed by atoms with E-state index in [0.29, 0.717) is 44.3 Å². The van der Waals surface area contributed by atoms with Crippen molar-refractivity contribution in [2.75, 3.05) is 0 Å². The molecule has 0 bridgehead atoms. The van der Waals surface area contributed by atoms with Crippen molar-refractivity contribution in [3.05, 3.63) is 30.3 Å². The van der Waals surface area contributed by atoms with Crippen LogP contribution in [0.5, 0.6) is 5.75 Å². The number of para-hydroxylation sites is 1. The van der Waals surface area contributed by atoms with E-state index in [0.717, 1.165) is 19.3 Å². The van der Waals surface area contributed by atoms with Crippen LogP contribution in [0.3, 0.4) is 0 Å². The summed E-state index contributed by atoms with van der Waals surface area (Å²) in [7, 11) is 0. The molecule has 1 aromatic rings. The summed E-state index contributed by atoms with van der Waals surface area (Å²) >= 11 is 4.81. The number of unbranched alkanes of at least 4 members (excludes halogenated alkanes) is 5. The van der Waals surface area contributed by atoms with E-state index in [1.807, 2.05) is 18.2 Å². The van der Waals surface area contributed by atoms with Crippen molar-refractivity contribution >= 4 is 30.2 Å². The van der Waals surface area contributed by atoms with Crippen LogP contribution >= 0.6 is 12.6 Å². The van der Waals surface area contributed by atoms with Gasteiger partial charge in [0.1, 0.15) is 17.3 Å². The van der Waals surface area contributed by atoms with E-state index >= 15 is 0 Å². The van der Waals surface area contributed by atoms with Gasteiger partial charge in [0, 0.05) is 36.9 Å². The lowest BCUT2D eigenvalue weighted by Crippen LogP contribution is -2.25. The highest BCUT2D eigenvalue weighted by Crippen LogP contribution is 2.38. The molecule has 0 aliphatic heterocycles.